The lowest BCUT2D eigenvalue weighted by molar-refractivity contribution is 0.255. The van der Waals surface area contributed by atoms with E-state index in [1.54, 1.807) is 0 Å². The molecular formula is C24H25FN4O. The molecule has 1 aliphatic heterocycles. The number of benzene rings is 2. The molecule has 0 saturated carbocycles. The topological polar surface area (TPSA) is 63.1 Å². The summed E-state index contributed by atoms with van der Waals surface area (Å²) in [6, 6.07) is 14.7. The molecule has 1 N–H and O–H groups in total. The first kappa shape index (κ1) is 20.1. The SMILES string of the molecule is Cc1cc(F)cc2c(=O)[nH]c(CCCN3CCN(c4ccc(C#N)cc4)CC3)cc12. The number of aryl methyl sites for hydroxylation is 2. The number of H-pyrrole nitrogens is 1. The monoisotopic (exact) mass is 404 g/mol. The molecule has 3 aromatic rings. The molecule has 0 bridgehead atoms. The smallest absolute Gasteiger partial charge is 0.256 e. The Labute approximate surface area is 175 Å². The van der Waals surface area contributed by atoms with E-state index in [0.717, 1.165) is 67.9 Å². The third kappa shape index (κ3) is 4.37. The number of aromatic nitrogens is 1. The lowest BCUT2D eigenvalue weighted by Gasteiger charge is -2.36. The fraction of sp³-hybridized carbons (Fsp3) is 0.333. The van der Waals surface area contributed by atoms with E-state index < -0.39 is 0 Å². The number of pyridine rings is 1. The molecule has 0 spiro atoms. The standard InChI is InChI=1S/C24H25FN4O/c1-17-13-19(25)14-23-22(17)15-20(27-24(23)30)3-2-8-28-9-11-29(12-10-28)21-6-4-18(16-26)5-7-21/h4-7,13-15H,2-3,8-12H2,1H3,(H,27,30). The number of fused-ring (bicyclic) bond motifs is 1. The van der Waals surface area contributed by atoms with Crippen LogP contribution in [-0.2, 0) is 6.42 Å². The minimum Gasteiger partial charge on any atom is -0.369 e. The zero-order valence-electron chi connectivity index (χ0n) is 17.1. The Bertz CT molecular complexity index is 1140. The molecular weight excluding hydrogens is 379 g/mol. The van der Waals surface area contributed by atoms with Crippen LogP contribution in [0.15, 0.2) is 47.3 Å². The third-order valence-electron chi connectivity index (χ3n) is 5.84. The molecule has 154 valence electrons. The molecule has 0 amide bonds. The largest absolute Gasteiger partial charge is 0.369 e. The van der Waals surface area contributed by atoms with Gasteiger partial charge in [0.25, 0.3) is 5.56 Å². The van der Waals surface area contributed by atoms with E-state index in [1.165, 1.54) is 12.1 Å². The van der Waals surface area contributed by atoms with Crippen LogP contribution in [0.2, 0.25) is 0 Å². The number of hydrogen-bond donors (Lipinski definition) is 1. The fourth-order valence-electron chi connectivity index (χ4n) is 4.16. The molecule has 6 heteroatoms. The van der Waals surface area contributed by atoms with Gasteiger partial charge in [0.15, 0.2) is 0 Å². The summed E-state index contributed by atoms with van der Waals surface area (Å²) in [4.78, 5) is 20.0. The van der Waals surface area contributed by atoms with Gasteiger partial charge in [-0.15, -0.1) is 0 Å². The number of halogens is 1. The van der Waals surface area contributed by atoms with Gasteiger partial charge in [-0.3, -0.25) is 9.69 Å². The van der Waals surface area contributed by atoms with Crippen molar-refractivity contribution in [3.8, 4) is 6.07 Å². The maximum Gasteiger partial charge on any atom is 0.256 e. The number of aromatic amines is 1. The molecule has 1 aliphatic rings. The van der Waals surface area contributed by atoms with E-state index in [1.807, 2.05) is 37.3 Å². The summed E-state index contributed by atoms with van der Waals surface area (Å²) in [6.45, 7) is 6.72. The van der Waals surface area contributed by atoms with Crippen molar-refractivity contribution in [2.24, 2.45) is 0 Å². The molecule has 0 atom stereocenters. The van der Waals surface area contributed by atoms with E-state index in [4.69, 9.17) is 5.26 Å². The normalized spacial score (nSPS) is 14.8. The molecule has 1 fully saturated rings. The van der Waals surface area contributed by atoms with Crippen molar-refractivity contribution in [3.05, 3.63) is 75.5 Å². The molecule has 30 heavy (non-hydrogen) atoms. The number of piperazine rings is 1. The summed E-state index contributed by atoms with van der Waals surface area (Å²) in [6.07, 6.45) is 1.75. The minimum atomic E-state index is -0.376. The van der Waals surface area contributed by atoms with Gasteiger partial charge >= 0.3 is 0 Å². The highest BCUT2D eigenvalue weighted by Gasteiger charge is 2.17. The zero-order valence-corrected chi connectivity index (χ0v) is 17.1. The van der Waals surface area contributed by atoms with E-state index in [-0.39, 0.29) is 11.4 Å². The van der Waals surface area contributed by atoms with Crippen molar-refractivity contribution in [2.45, 2.75) is 19.8 Å². The Morgan fingerprint density at radius 1 is 1.07 bits per heavy atom. The van der Waals surface area contributed by atoms with Crippen LogP contribution in [0.1, 0.15) is 23.2 Å². The maximum absolute atomic E-state index is 13.6. The molecule has 0 aliphatic carbocycles. The summed E-state index contributed by atoms with van der Waals surface area (Å²) in [5.41, 5.74) is 3.31. The van der Waals surface area contributed by atoms with Crippen LogP contribution in [0.25, 0.3) is 10.8 Å². The summed E-state index contributed by atoms with van der Waals surface area (Å²) in [5, 5.41) is 10.2. The lowest BCUT2D eigenvalue weighted by atomic mass is 10.0. The number of nitrogens with one attached hydrogen (secondary N) is 1. The molecule has 1 aromatic heterocycles. The first-order valence-electron chi connectivity index (χ1n) is 10.3. The summed E-state index contributed by atoms with van der Waals surface area (Å²) >= 11 is 0. The van der Waals surface area contributed by atoms with Crippen molar-refractivity contribution in [1.29, 1.82) is 5.26 Å². The number of nitrogens with zero attached hydrogens (tertiary/aromatic N) is 3. The Morgan fingerprint density at radius 3 is 2.50 bits per heavy atom. The van der Waals surface area contributed by atoms with Gasteiger partial charge in [0.1, 0.15) is 5.82 Å². The Kier molecular flexibility index (Phi) is 5.82. The molecule has 4 rings (SSSR count). The van der Waals surface area contributed by atoms with Gasteiger partial charge in [0.2, 0.25) is 0 Å². The lowest BCUT2D eigenvalue weighted by Crippen LogP contribution is -2.46. The van der Waals surface area contributed by atoms with Gasteiger partial charge in [0.05, 0.1) is 17.0 Å². The van der Waals surface area contributed by atoms with E-state index in [0.29, 0.717) is 10.9 Å². The van der Waals surface area contributed by atoms with Crippen LogP contribution in [0, 0.1) is 24.1 Å². The second-order valence-electron chi connectivity index (χ2n) is 7.90. The van der Waals surface area contributed by atoms with Crippen molar-refractivity contribution in [1.82, 2.24) is 9.88 Å². The first-order chi connectivity index (χ1) is 14.5. The molecule has 0 radical (unpaired) electrons. The van der Waals surface area contributed by atoms with Gasteiger partial charge in [0, 0.05) is 37.6 Å². The van der Waals surface area contributed by atoms with Crippen LogP contribution < -0.4 is 10.5 Å². The van der Waals surface area contributed by atoms with Crippen molar-refractivity contribution < 1.29 is 4.39 Å². The van der Waals surface area contributed by atoms with Crippen LogP contribution >= 0.6 is 0 Å². The number of anilines is 1. The summed E-state index contributed by atoms with van der Waals surface area (Å²) < 4.78 is 13.6. The Balaban J connectivity index is 1.31. The predicted octanol–water partition coefficient (Wildman–Crippen LogP) is 3.60. The second-order valence-corrected chi connectivity index (χ2v) is 7.90. The third-order valence-corrected chi connectivity index (χ3v) is 5.84. The average molecular weight is 404 g/mol. The Morgan fingerprint density at radius 2 is 1.80 bits per heavy atom. The summed E-state index contributed by atoms with van der Waals surface area (Å²) in [7, 11) is 0. The fourth-order valence-corrected chi connectivity index (χ4v) is 4.16. The summed E-state index contributed by atoms with van der Waals surface area (Å²) in [5.74, 6) is -0.376. The first-order valence-corrected chi connectivity index (χ1v) is 10.3. The number of hydrogen-bond acceptors (Lipinski definition) is 4. The molecule has 2 aromatic carbocycles. The molecule has 1 saturated heterocycles. The van der Waals surface area contributed by atoms with Crippen LogP contribution in [0.3, 0.4) is 0 Å². The van der Waals surface area contributed by atoms with Crippen LogP contribution in [0.4, 0.5) is 10.1 Å². The second kappa shape index (κ2) is 8.68. The van der Waals surface area contributed by atoms with Gasteiger partial charge < -0.3 is 9.88 Å². The number of rotatable bonds is 5. The highest BCUT2D eigenvalue weighted by Crippen LogP contribution is 2.19. The molecule has 2 heterocycles. The van der Waals surface area contributed by atoms with Crippen molar-refractivity contribution in [3.63, 3.8) is 0 Å². The maximum atomic E-state index is 13.6. The molecule has 0 unspecified atom stereocenters. The minimum absolute atomic E-state index is 0.221. The van der Waals surface area contributed by atoms with Gasteiger partial charge in [-0.1, -0.05) is 0 Å². The van der Waals surface area contributed by atoms with Crippen molar-refractivity contribution in [2.75, 3.05) is 37.6 Å². The highest BCUT2D eigenvalue weighted by molar-refractivity contribution is 5.85. The van der Waals surface area contributed by atoms with Gasteiger partial charge in [-0.05, 0) is 79.7 Å². The van der Waals surface area contributed by atoms with Crippen LogP contribution in [0.5, 0.6) is 0 Å². The number of nitriles is 1. The Hall–Kier alpha value is -3.17. The van der Waals surface area contributed by atoms with E-state index in [9.17, 15) is 9.18 Å². The average Bonchev–Trinajstić information content (AvgIpc) is 2.75. The van der Waals surface area contributed by atoms with E-state index in [2.05, 4.69) is 20.9 Å². The zero-order chi connectivity index (χ0) is 21.1. The quantitative estimate of drug-likeness (QED) is 0.706. The predicted molar refractivity (Wildman–Crippen MR) is 117 cm³/mol. The highest BCUT2D eigenvalue weighted by atomic mass is 19.1. The van der Waals surface area contributed by atoms with Gasteiger partial charge in [-0.2, -0.15) is 5.26 Å². The van der Waals surface area contributed by atoms with Crippen molar-refractivity contribution >= 4 is 16.5 Å². The molecule has 5 nitrogen and oxygen atoms in total. The van der Waals surface area contributed by atoms with E-state index >= 15 is 0 Å². The van der Waals surface area contributed by atoms with Crippen LogP contribution in [-0.4, -0.2) is 42.6 Å². The van der Waals surface area contributed by atoms with Gasteiger partial charge in [-0.25, -0.2) is 4.39 Å².